The summed E-state index contributed by atoms with van der Waals surface area (Å²) in [5, 5.41) is 3.36. The van der Waals surface area contributed by atoms with Gasteiger partial charge in [0.25, 0.3) is 5.91 Å². The lowest BCUT2D eigenvalue weighted by atomic mass is 10.2. The maximum absolute atomic E-state index is 13.4. The van der Waals surface area contributed by atoms with E-state index in [4.69, 9.17) is 9.73 Å². The quantitative estimate of drug-likeness (QED) is 0.669. The Labute approximate surface area is 196 Å². The third-order valence-electron chi connectivity index (χ3n) is 5.59. The number of amides is 2. The summed E-state index contributed by atoms with van der Waals surface area (Å²) in [4.78, 5) is 33.8. The van der Waals surface area contributed by atoms with Gasteiger partial charge in [-0.25, -0.2) is 4.99 Å². The molecule has 7 nitrogen and oxygen atoms in total. The Hall–Kier alpha value is -3.52. The summed E-state index contributed by atoms with van der Waals surface area (Å²) in [5.41, 5.74) is 3.85. The molecular weight excluding hydrogens is 436 g/mol. The van der Waals surface area contributed by atoms with E-state index in [1.165, 1.54) is 24.2 Å². The van der Waals surface area contributed by atoms with E-state index >= 15 is 0 Å². The lowest BCUT2D eigenvalue weighted by Gasteiger charge is -2.17. The Bertz CT molecular complexity index is 1190. The summed E-state index contributed by atoms with van der Waals surface area (Å²) in [5.74, 6) is 0.597. The molecule has 3 aliphatic heterocycles. The van der Waals surface area contributed by atoms with E-state index in [1.807, 2.05) is 36.5 Å². The Kier molecular flexibility index (Phi) is 5.92. The van der Waals surface area contributed by atoms with Crippen molar-refractivity contribution < 1.29 is 14.3 Å². The zero-order chi connectivity index (χ0) is 22.8. The van der Waals surface area contributed by atoms with Crippen molar-refractivity contribution in [2.24, 2.45) is 4.99 Å². The number of fused-ring (bicyclic) bond motifs is 1. The molecule has 0 radical (unpaired) electrons. The number of carbonyl (C=O) groups is 2. The fourth-order valence-corrected chi connectivity index (χ4v) is 5.01. The Morgan fingerprint density at radius 2 is 2.03 bits per heavy atom. The second-order valence-electron chi connectivity index (χ2n) is 7.99. The molecule has 0 saturated carbocycles. The number of rotatable bonds is 5. The van der Waals surface area contributed by atoms with E-state index in [1.54, 1.807) is 17.0 Å². The minimum absolute atomic E-state index is 0.0746. The molecule has 168 valence electrons. The molecule has 0 aliphatic carbocycles. The molecule has 3 aliphatic rings. The van der Waals surface area contributed by atoms with Crippen LogP contribution in [0.5, 0.6) is 0 Å². The first-order chi connectivity index (χ1) is 16.1. The summed E-state index contributed by atoms with van der Waals surface area (Å²) >= 11 is 1.37. The van der Waals surface area contributed by atoms with Crippen molar-refractivity contribution in [2.75, 3.05) is 29.9 Å². The van der Waals surface area contributed by atoms with E-state index in [9.17, 15) is 9.59 Å². The predicted octanol–water partition coefficient (Wildman–Crippen LogP) is 4.42. The minimum atomic E-state index is -0.125. The summed E-state index contributed by atoms with van der Waals surface area (Å²) in [6, 6.07) is 15.5. The van der Waals surface area contributed by atoms with Crippen molar-refractivity contribution in [3.8, 4) is 0 Å². The van der Waals surface area contributed by atoms with Crippen LogP contribution < -0.4 is 10.2 Å². The highest BCUT2D eigenvalue weighted by Gasteiger charge is 2.35. The molecule has 0 bridgehead atoms. The average Bonchev–Trinajstić information content (AvgIpc) is 3.53. The van der Waals surface area contributed by atoms with Gasteiger partial charge in [0.2, 0.25) is 5.91 Å². The highest BCUT2D eigenvalue weighted by molar-refractivity contribution is 8.18. The zero-order valence-corrected chi connectivity index (χ0v) is 19.1. The van der Waals surface area contributed by atoms with Crippen LogP contribution in [0.4, 0.5) is 17.1 Å². The van der Waals surface area contributed by atoms with Crippen molar-refractivity contribution in [3.63, 3.8) is 0 Å². The zero-order valence-electron chi connectivity index (χ0n) is 18.3. The molecule has 0 aromatic heterocycles. The van der Waals surface area contributed by atoms with Crippen molar-refractivity contribution in [1.82, 2.24) is 4.90 Å². The summed E-state index contributed by atoms with van der Waals surface area (Å²) in [6.45, 7) is 3.33. The number of ether oxygens (including phenoxy) is 1. The molecule has 8 heteroatoms. The molecule has 0 spiro atoms. The third kappa shape index (κ3) is 4.66. The summed E-state index contributed by atoms with van der Waals surface area (Å²) in [7, 11) is 0. The SMILES string of the molecule is CC(=O)Nc1ccc(N=C2S/C(=C\N3CCc4ccccc43)C(=O)N2CC2=CCCO2)cc1. The average molecular weight is 461 g/mol. The maximum atomic E-state index is 13.4. The molecule has 2 amide bonds. The number of thioether (sulfide) groups is 1. The van der Waals surface area contributed by atoms with Crippen LogP contribution in [0.25, 0.3) is 0 Å². The second kappa shape index (κ2) is 9.15. The number of benzene rings is 2. The number of hydrogen-bond donors (Lipinski definition) is 1. The Balaban J connectivity index is 1.43. The first kappa shape index (κ1) is 21.3. The molecule has 33 heavy (non-hydrogen) atoms. The van der Waals surface area contributed by atoms with Gasteiger partial charge in [-0.3, -0.25) is 14.5 Å². The number of hydrogen-bond acceptors (Lipinski definition) is 6. The molecule has 2 aromatic rings. The van der Waals surface area contributed by atoms with Crippen molar-refractivity contribution in [2.45, 2.75) is 19.8 Å². The van der Waals surface area contributed by atoms with Gasteiger partial charge in [0.1, 0.15) is 5.76 Å². The van der Waals surface area contributed by atoms with Crippen LogP contribution in [0.3, 0.4) is 0 Å². The van der Waals surface area contributed by atoms with E-state index in [0.717, 1.165) is 30.8 Å². The van der Waals surface area contributed by atoms with E-state index < -0.39 is 0 Å². The van der Waals surface area contributed by atoms with Gasteiger partial charge in [-0.1, -0.05) is 18.2 Å². The molecule has 1 N–H and O–H groups in total. The number of para-hydroxylation sites is 1. The number of aliphatic imine (C=N–C) groups is 1. The Morgan fingerprint density at radius 3 is 2.79 bits per heavy atom. The molecule has 1 saturated heterocycles. The molecular formula is C25H24N4O3S. The van der Waals surface area contributed by atoms with Crippen LogP contribution in [-0.2, 0) is 20.7 Å². The standard InChI is InChI=1S/C25H24N4O3S/c1-17(30)26-19-8-10-20(11-9-19)27-25-29(15-21-6-4-14-32-21)24(31)23(33-25)16-28-13-12-18-5-2-3-7-22(18)28/h2-3,5-11,16H,4,12-15H2,1H3,(H,26,30)/b23-16-,27-25?. The van der Waals surface area contributed by atoms with Gasteiger partial charge >= 0.3 is 0 Å². The lowest BCUT2D eigenvalue weighted by Crippen LogP contribution is -2.31. The van der Waals surface area contributed by atoms with Gasteiger partial charge in [-0.15, -0.1) is 0 Å². The van der Waals surface area contributed by atoms with Crippen LogP contribution in [0.2, 0.25) is 0 Å². The fraction of sp³-hybridized carbons (Fsp3) is 0.240. The fourth-order valence-electron chi connectivity index (χ4n) is 4.03. The van der Waals surface area contributed by atoms with Gasteiger partial charge in [0.15, 0.2) is 5.17 Å². The highest BCUT2D eigenvalue weighted by atomic mass is 32.2. The second-order valence-corrected chi connectivity index (χ2v) is 9.00. The van der Waals surface area contributed by atoms with Gasteiger partial charge in [0, 0.05) is 37.5 Å². The summed E-state index contributed by atoms with van der Waals surface area (Å²) in [6.07, 6.45) is 5.79. The van der Waals surface area contributed by atoms with E-state index in [-0.39, 0.29) is 11.8 Å². The third-order valence-corrected chi connectivity index (χ3v) is 6.58. The first-order valence-electron chi connectivity index (χ1n) is 10.9. The van der Waals surface area contributed by atoms with Gasteiger partial charge in [-0.05, 0) is 60.2 Å². The number of carbonyl (C=O) groups excluding carboxylic acids is 2. The molecule has 2 aromatic carbocycles. The predicted molar refractivity (Wildman–Crippen MR) is 131 cm³/mol. The minimum Gasteiger partial charge on any atom is -0.496 e. The molecule has 0 atom stereocenters. The number of nitrogens with one attached hydrogen (secondary N) is 1. The van der Waals surface area contributed by atoms with Crippen LogP contribution >= 0.6 is 11.8 Å². The van der Waals surface area contributed by atoms with Crippen LogP contribution in [0, 0.1) is 0 Å². The van der Waals surface area contributed by atoms with Gasteiger partial charge in [-0.2, -0.15) is 0 Å². The van der Waals surface area contributed by atoms with Gasteiger partial charge in [0.05, 0.1) is 23.7 Å². The molecule has 5 rings (SSSR count). The van der Waals surface area contributed by atoms with Crippen LogP contribution in [0.15, 0.2) is 76.5 Å². The number of anilines is 2. The van der Waals surface area contributed by atoms with E-state index in [2.05, 4.69) is 22.3 Å². The number of nitrogens with zero attached hydrogens (tertiary/aromatic N) is 3. The van der Waals surface area contributed by atoms with Crippen LogP contribution in [-0.4, -0.2) is 41.6 Å². The first-order valence-corrected chi connectivity index (χ1v) is 11.7. The largest absolute Gasteiger partial charge is 0.496 e. The van der Waals surface area contributed by atoms with E-state index in [0.29, 0.717) is 34.6 Å². The van der Waals surface area contributed by atoms with Gasteiger partial charge < -0.3 is 15.0 Å². The van der Waals surface area contributed by atoms with Crippen molar-refractivity contribution >= 4 is 45.8 Å². The normalized spacial score (nSPS) is 19.8. The van der Waals surface area contributed by atoms with Crippen LogP contribution in [0.1, 0.15) is 18.9 Å². The Morgan fingerprint density at radius 1 is 1.21 bits per heavy atom. The smallest absolute Gasteiger partial charge is 0.268 e. The molecule has 3 heterocycles. The molecule has 0 unspecified atom stereocenters. The molecule has 1 fully saturated rings. The van der Waals surface area contributed by atoms with Crippen molar-refractivity contribution in [1.29, 1.82) is 0 Å². The lowest BCUT2D eigenvalue weighted by molar-refractivity contribution is -0.122. The van der Waals surface area contributed by atoms with Crippen molar-refractivity contribution in [3.05, 3.63) is 77.0 Å². The maximum Gasteiger partial charge on any atom is 0.268 e. The highest BCUT2D eigenvalue weighted by Crippen LogP contribution is 2.36. The number of amidine groups is 1. The topological polar surface area (TPSA) is 74.2 Å². The monoisotopic (exact) mass is 460 g/mol. The summed E-state index contributed by atoms with van der Waals surface area (Å²) < 4.78 is 5.66.